The van der Waals surface area contributed by atoms with Gasteiger partial charge in [0.1, 0.15) is 0 Å². The molecule has 0 heterocycles. The van der Waals surface area contributed by atoms with Crippen molar-refractivity contribution in [3.8, 4) is 11.5 Å². The standard InChI is InChI=1S/C25H28N2O4/c1-27(15-13-18-8-11-22(30-2)23(16-18)31-3)24(28)12-14-26-25(29)21-10-9-19-6-4-5-7-20(19)17-21/h4-11,16-17H,12-15H2,1-3H3,(H,26,29). The number of amides is 2. The van der Waals surface area contributed by atoms with Crippen LogP contribution in [0.3, 0.4) is 0 Å². The van der Waals surface area contributed by atoms with Crippen molar-refractivity contribution in [1.29, 1.82) is 0 Å². The molecule has 1 N–H and O–H groups in total. The molecule has 6 nitrogen and oxygen atoms in total. The minimum Gasteiger partial charge on any atom is -0.493 e. The van der Waals surface area contributed by atoms with Gasteiger partial charge in [-0.25, -0.2) is 0 Å². The Balaban J connectivity index is 1.46. The summed E-state index contributed by atoms with van der Waals surface area (Å²) in [6.07, 6.45) is 0.952. The Morgan fingerprint density at radius 2 is 1.65 bits per heavy atom. The highest BCUT2D eigenvalue weighted by Crippen LogP contribution is 2.27. The van der Waals surface area contributed by atoms with Gasteiger partial charge in [-0.3, -0.25) is 9.59 Å². The van der Waals surface area contributed by atoms with E-state index < -0.39 is 0 Å². The van der Waals surface area contributed by atoms with Crippen molar-refractivity contribution in [1.82, 2.24) is 10.2 Å². The van der Waals surface area contributed by atoms with Crippen LogP contribution in [0.2, 0.25) is 0 Å². The van der Waals surface area contributed by atoms with Crippen molar-refractivity contribution in [3.05, 3.63) is 71.8 Å². The molecule has 3 rings (SSSR count). The highest BCUT2D eigenvalue weighted by Gasteiger charge is 2.12. The summed E-state index contributed by atoms with van der Waals surface area (Å²) < 4.78 is 10.6. The van der Waals surface area contributed by atoms with Gasteiger partial charge in [0, 0.05) is 32.1 Å². The number of hydrogen-bond donors (Lipinski definition) is 1. The van der Waals surface area contributed by atoms with Gasteiger partial charge >= 0.3 is 0 Å². The Morgan fingerprint density at radius 3 is 2.39 bits per heavy atom. The molecule has 0 spiro atoms. The maximum Gasteiger partial charge on any atom is 0.251 e. The Morgan fingerprint density at radius 1 is 0.903 bits per heavy atom. The van der Waals surface area contributed by atoms with Crippen LogP contribution in [0.15, 0.2) is 60.7 Å². The lowest BCUT2D eigenvalue weighted by molar-refractivity contribution is -0.129. The van der Waals surface area contributed by atoms with Crippen molar-refractivity contribution in [2.75, 3.05) is 34.4 Å². The molecule has 0 radical (unpaired) electrons. The van der Waals surface area contributed by atoms with Gasteiger partial charge in [0.2, 0.25) is 5.91 Å². The van der Waals surface area contributed by atoms with Gasteiger partial charge in [0.25, 0.3) is 5.91 Å². The van der Waals surface area contributed by atoms with Crippen LogP contribution in [-0.4, -0.2) is 51.1 Å². The van der Waals surface area contributed by atoms with Crippen LogP contribution in [0.5, 0.6) is 11.5 Å². The SMILES string of the molecule is COc1ccc(CCN(C)C(=O)CCNC(=O)c2ccc3ccccc3c2)cc1OC. The van der Waals surface area contributed by atoms with Crippen molar-refractivity contribution in [2.24, 2.45) is 0 Å². The molecule has 0 aliphatic carbocycles. The number of nitrogens with zero attached hydrogens (tertiary/aromatic N) is 1. The van der Waals surface area contributed by atoms with Crippen LogP contribution in [0, 0.1) is 0 Å². The van der Waals surface area contributed by atoms with E-state index in [0.29, 0.717) is 36.6 Å². The van der Waals surface area contributed by atoms with Crippen LogP contribution in [-0.2, 0) is 11.2 Å². The third-order valence-corrected chi connectivity index (χ3v) is 5.25. The molecule has 3 aromatic rings. The fourth-order valence-corrected chi connectivity index (χ4v) is 3.36. The predicted octanol–water partition coefficient (Wildman–Crippen LogP) is 3.68. The molecule has 0 saturated carbocycles. The van der Waals surface area contributed by atoms with E-state index >= 15 is 0 Å². The average Bonchev–Trinajstić information content (AvgIpc) is 2.81. The molecule has 0 unspecified atom stereocenters. The maximum absolute atomic E-state index is 12.4. The van der Waals surface area contributed by atoms with E-state index in [1.54, 1.807) is 32.2 Å². The lowest BCUT2D eigenvalue weighted by Gasteiger charge is -2.18. The largest absolute Gasteiger partial charge is 0.493 e. The van der Waals surface area contributed by atoms with Gasteiger partial charge in [0.15, 0.2) is 11.5 Å². The first-order valence-corrected chi connectivity index (χ1v) is 10.2. The zero-order chi connectivity index (χ0) is 22.2. The maximum atomic E-state index is 12.4. The van der Waals surface area contributed by atoms with Crippen LogP contribution < -0.4 is 14.8 Å². The third-order valence-electron chi connectivity index (χ3n) is 5.25. The molecule has 0 aliphatic heterocycles. The number of carbonyl (C=O) groups excluding carboxylic acids is 2. The topological polar surface area (TPSA) is 67.9 Å². The molecule has 31 heavy (non-hydrogen) atoms. The van der Waals surface area contributed by atoms with Crippen molar-refractivity contribution in [3.63, 3.8) is 0 Å². The van der Waals surface area contributed by atoms with E-state index in [-0.39, 0.29) is 18.2 Å². The second kappa shape index (κ2) is 10.5. The van der Waals surface area contributed by atoms with Crippen LogP contribution in [0.4, 0.5) is 0 Å². The monoisotopic (exact) mass is 420 g/mol. The van der Waals surface area contributed by atoms with Crippen LogP contribution >= 0.6 is 0 Å². The Bertz CT molecular complexity index is 1060. The summed E-state index contributed by atoms with van der Waals surface area (Å²) in [5, 5.41) is 4.94. The second-order valence-electron chi connectivity index (χ2n) is 7.32. The fourth-order valence-electron chi connectivity index (χ4n) is 3.36. The van der Waals surface area contributed by atoms with Gasteiger partial charge in [-0.05, 0) is 47.0 Å². The molecule has 0 atom stereocenters. The quantitative estimate of drug-likeness (QED) is 0.573. The highest BCUT2D eigenvalue weighted by molar-refractivity contribution is 5.98. The summed E-state index contributed by atoms with van der Waals surface area (Å²) in [5.41, 5.74) is 1.65. The van der Waals surface area contributed by atoms with E-state index in [9.17, 15) is 9.59 Å². The first-order chi connectivity index (χ1) is 15.0. The molecule has 162 valence electrons. The third kappa shape index (κ3) is 5.75. The van der Waals surface area contributed by atoms with Crippen LogP contribution in [0.1, 0.15) is 22.3 Å². The van der Waals surface area contributed by atoms with E-state index in [1.165, 1.54) is 0 Å². The zero-order valence-electron chi connectivity index (χ0n) is 18.2. The zero-order valence-corrected chi connectivity index (χ0v) is 18.2. The number of hydrogen-bond acceptors (Lipinski definition) is 4. The Kier molecular flexibility index (Phi) is 7.49. The first-order valence-electron chi connectivity index (χ1n) is 10.2. The molecular weight excluding hydrogens is 392 g/mol. The molecule has 0 aliphatic rings. The molecule has 0 fully saturated rings. The van der Waals surface area contributed by atoms with E-state index in [1.807, 2.05) is 54.6 Å². The Labute approximate surface area is 182 Å². The van der Waals surface area contributed by atoms with E-state index in [4.69, 9.17) is 9.47 Å². The molecule has 0 saturated heterocycles. The van der Waals surface area contributed by atoms with Crippen LogP contribution in [0.25, 0.3) is 10.8 Å². The summed E-state index contributed by atoms with van der Waals surface area (Å²) in [5.74, 6) is 1.16. The lowest BCUT2D eigenvalue weighted by atomic mass is 10.1. The molecule has 6 heteroatoms. The number of benzene rings is 3. The smallest absolute Gasteiger partial charge is 0.251 e. The van der Waals surface area contributed by atoms with Crippen molar-refractivity contribution in [2.45, 2.75) is 12.8 Å². The van der Waals surface area contributed by atoms with Gasteiger partial charge < -0.3 is 19.7 Å². The van der Waals surface area contributed by atoms with Gasteiger partial charge in [-0.2, -0.15) is 0 Å². The van der Waals surface area contributed by atoms with Crippen molar-refractivity contribution >= 4 is 22.6 Å². The van der Waals surface area contributed by atoms with Gasteiger partial charge in [0.05, 0.1) is 14.2 Å². The summed E-state index contributed by atoms with van der Waals surface area (Å²) in [7, 11) is 4.97. The lowest BCUT2D eigenvalue weighted by Crippen LogP contribution is -2.33. The minimum absolute atomic E-state index is 0.0145. The van der Waals surface area contributed by atoms with E-state index in [2.05, 4.69) is 5.32 Å². The molecule has 0 aromatic heterocycles. The molecular formula is C25H28N2O4. The number of nitrogens with one attached hydrogen (secondary N) is 1. The summed E-state index contributed by atoms with van der Waals surface area (Å²) in [4.78, 5) is 26.5. The first kappa shape index (κ1) is 22.2. The normalized spacial score (nSPS) is 10.5. The second-order valence-corrected chi connectivity index (χ2v) is 7.32. The predicted molar refractivity (Wildman–Crippen MR) is 122 cm³/mol. The minimum atomic E-state index is -0.175. The molecule has 3 aromatic carbocycles. The molecule has 0 bridgehead atoms. The summed E-state index contributed by atoms with van der Waals surface area (Å²) in [6.45, 7) is 0.873. The van der Waals surface area contributed by atoms with Crippen molar-refractivity contribution < 1.29 is 19.1 Å². The number of ether oxygens (including phenoxy) is 2. The van der Waals surface area contributed by atoms with E-state index in [0.717, 1.165) is 16.3 Å². The average molecular weight is 421 g/mol. The number of rotatable bonds is 9. The molecule has 2 amide bonds. The summed E-state index contributed by atoms with van der Waals surface area (Å²) in [6, 6.07) is 19.2. The number of fused-ring (bicyclic) bond motifs is 1. The Hall–Kier alpha value is -3.54. The highest BCUT2D eigenvalue weighted by atomic mass is 16.5. The number of likely N-dealkylation sites (N-methyl/N-ethyl adjacent to an activating group) is 1. The number of methoxy groups -OCH3 is 2. The fraction of sp³-hybridized carbons (Fsp3) is 0.280. The summed E-state index contributed by atoms with van der Waals surface area (Å²) >= 11 is 0. The number of carbonyl (C=O) groups is 2. The van der Waals surface area contributed by atoms with Gasteiger partial charge in [-0.1, -0.05) is 36.4 Å². The van der Waals surface area contributed by atoms with Gasteiger partial charge in [-0.15, -0.1) is 0 Å².